The molecule has 5 nitrogen and oxygen atoms in total. The largest absolute Gasteiger partial charge is 0.397 e. The van der Waals surface area contributed by atoms with Crippen molar-refractivity contribution in [3.8, 4) is 0 Å². The van der Waals surface area contributed by atoms with Gasteiger partial charge in [0.25, 0.3) is 0 Å². The van der Waals surface area contributed by atoms with Crippen molar-refractivity contribution in [3.05, 3.63) is 18.3 Å². The highest BCUT2D eigenvalue weighted by atomic mass is 16.2. The molecule has 0 aliphatic carbocycles. The number of carbonyl (C=O) groups excluding carboxylic acids is 1. The zero-order valence-corrected chi connectivity index (χ0v) is 12.4. The number of anilines is 2. The van der Waals surface area contributed by atoms with Crippen molar-refractivity contribution >= 4 is 17.4 Å². The Morgan fingerprint density at radius 2 is 2.00 bits per heavy atom. The third kappa shape index (κ3) is 3.85. The molecule has 1 amide bonds. The van der Waals surface area contributed by atoms with E-state index >= 15 is 0 Å². The van der Waals surface area contributed by atoms with E-state index < -0.39 is 0 Å². The standard InChI is InChI=1S/C15H24N4O/c1-12(2)3-6-15(20)19-9-7-18(8-10-19)14-5-4-13(16)11-17-14/h4-5,11-12H,3,6-10,16H2,1-2H3. The number of rotatable bonds is 4. The Morgan fingerprint density at radius 3 is 2.55 bits per heavy atom. The lowest BCUT2D eigenvalue weighted by Crippen LogP contribution is -2.49. The van der Waals surface area contributed by atoms with E-state index in [1.807, 2.05) is 17.0 Å². The van der Waals surface area contributed by atoms with Gasteiger partial charge < -0.3 is 15.5 Å². The third-order valence-electron chi connectivity index (χ3n) is 3.66. The lowest BCUT2D eigenvalue weighted by molar-refractivity contribution is -0.131. The van der Waals surface area contributed by atoms with Gasteiger partial charge >= 0.3 is 0 Å². The number of nitrogens with two attached hydrogens (primary N) is 1. The molecular formula is C15H24N4O. The van der Waals surface area contributed by atoms with Gasteiger partial charge in [-0.25, -0.2) is 4.98 Å². The first kappa shape index (κ1) is 14.6. The van der Waals surface area contributed by atoms with Crippen molar-refractivity contribution < 1.29 is 4.79 Å². The van der Waals surface area contributed by atoms with Crippen LogP contribution in [-0.2, 0) is 4.79 Å². The molecule has 0 bridgehead atoms. The average molecular weight is 276 g/mol. The van der Waals surface area contributed by atoms with E-state index in [9.17, 15) is 4.79 Å². The van der Waals surface area contributed by atoms with Crippen LogP contribution in [0.15, 0.2) is 18.3 Å². The van der Waals surface area contributed by atoms with Crippen LogP contribution < -0.4 is 10.6 Å². The molecule has 1 saturated heterocycles. The Balaban J connectivity index is 1.83. The number of carbonyl (C=O) groups is 1. The number of aromatic nitrogens is 1. The van der Waals surface area contributed by atoms with Crippen LogP contribution in [0.3, 0.4) is 0 Å². The number of amides is 1. The summed E-state index contributed by atoms with van der Waals surface area (Å²) in [6.07, 6.45) is 3.31. The fraction of sp³-hybridized carbons (Fsp3) is 0.600. The van der Waals surface area contributed by atoms with Crippen LogP contribution in [0.5, 0.6) is 0 Å². The summed E-state index contributed by atoms with van der Waals surface area (Å²) in [5.74, 6) is 1.80. The summed E-state index contributed by atoms with van der Waals surface area (Å²) in [6.45, 7) is 7.54. The summed E-state index contributed by atoms with van der Waals surface area (Å²) in [7, 11) is 0. The molecular weight excluding hydrogens is 252 g/mol. The fourth-order valence-electron chi connectivity index (χ4n) is 2.34. The summed E-state index contributed by atoms with van der Waals surface area (Å²) in [6, 6.07) is 3.80. The van der Waals surface area contributed by atoms with Gasteiger partial charge in [0.05, 0.1) is 11.9 Å². The quantitative estimate of drug-likeness (QED) is 0.910. The van der Waals surface area contributed by atoms with Crippen molar-refractivity contribution in [2.24, 2.45) is 5.92 Å². The molecule has 0 atom stereocenters. The smallest absolute Gasteiger partial charge is 0.222 e. The Kier molecular flexibility index (Phi) is 4.82. The molecule has 1 aliphatic rings. The number of hydrogen-bond donors (Lipinski definition) is 1. The van der Waals surface area contributed by atoms with Gasteiger partial charge in [-0.3, -0.25) is 4.79 Å². The zero-order valence-electron chi connectivity index (χ0n) is 12.4. The van der Waals surface area contributed by atoms with E-state index in [4.69, 9.17) is 5.73 Å². The van der Waals surface area contributed by atoms with Crippen LogP contribution in [-0.4, -0.2) is 42.0 Å². The van der Waals surface area contributed by atoms with Gasteiger partial charge in [0.15, 0.2) is 0 Å². The van der Waals surface area contributed by atoms with E-state index in [2.05, 4.69) is 23.7 Å². The Labute approximate surface area is 120 Å². The second-order valence-corrected chi connectivity index (χ2v) is 5.75. The molecule has 110 valence electrons. The Hall–Kier alpha value is -1.78. The summed E-state index contributed by atoms with van der Waals surface area (Å²) in [5, 5.41) is 0. The molecule has 1 fully saturated rings. The predicted octanol–water partition coefficient (Wildman–Crippen LogP) is 1.75. The van der Waals surface area contributed by atoms with Crippen molar-refractivity contribution in [1.82, 2.24) is 9.88 Å². The second-order valence-electron chi connectivity index (χ2n) is 5.75. The molecule has 0 aromatic carbocycles. The van der Waals surface area contributed by atoms with Gasteiger partial charge in [-0.1, -0.05) is 13.8 Å². The number of nitrogens with zero attached hydrogens (tertiary/aromatic N) is 3. The van der Waals surface area contributed by atoms with E-state index in [-0.39, 0.29) is 5.91 Å². The molecule has 0 spiro atoms. The average Bonchev–Trinajstić information content (AvgIpc) is 2.46. The van der Waals surface area contributed by atoms with Gasteiger partial charge in [-0.05, 0) is 24.5 Å². The molecule has 0 radical (unpaired) electrons. The minimum atomic E-state index is 0.281. The van der Waals surface area contributed by atoms with Crippen molar-refractivity contribution in [2.75, 3.05) is 36.8 Å². The van der Waals surface area contributed by atoms with Crippen LogP contribution in [0, 0.1) is 5.92 Å². The maximum atomic E-state index is 12.1. The minimum Gasteiger partial charge on any atom is -0.397 e. The van der Waals surface area contributed by atoms with Crippen molar-refractivity contribution in [2.45, 2.75) is 26.7 Å². The molecule has 2 heterocycles. The lowest BCUT2D eigenvalue weighted by Gasteiger charge is -2.35. The van der Waals surface area contributed by atoms with Crippen LogP contribution in [0.4, 0.5) is 11.5 Å². The zero-order chi connectivity index (χ0) is 14.5. The molecule has 0 unspecified atom stereocenters. The van der Waals surface area contributed by atoms with Crippen molar-refractivity contribution in [3.63, 3.8) is 0 Å². The molecule has 1 aliphatic heterocycles. The van der Waals surface area contributed by atoms with Gasteiger partial charge in [-0.2, -0.15) is 0 Å². The number of nitrogen functional groups attached to an aromatic ring is 1. The number of hydrogen-bond acceptors (Lipinski definition) is 4. The Bertz CT molecular complexity index is 436. The minimum absolute atomic E-state index is 0.281. The maximum absolute atomic E-state index is 12.1. The summed E-state index contributed by atoms with van der Waals surface area (Å²) in [5.41, 5.74) is 6.32. The first-order valence-corrected chi connectivity index (χ1v) is 7.30. The highest BCUT2D eigenvalue weighted by Crippen LogP contribution is 2.15. The van der Waals surface area contributed by atoms with E-state index in [0.717, 1.165) is 38.4 Å². The summed E-state index contributed by atoms with van der Waals surface area (Å²) >= 11 is 0. The predicted molar refractivity (Wildman–Crippen MR) is 81.5 cm³/mol. The Morgan fingerprint density at radius 1 is 1.30 bits per heavy atom. The first-order valence-electron chi connectivity index (χ1n) is 7.30. The monoisotopic (exact) mass is 276 g/mol. The fourth-order valence-corrected chi connectivity index (χ4v) is 2.34. The van der Waals surface area contributed by atoms with Crippen LogP contribution in [0.1, 0.15) is 26.7 Å². The maximum Gasteiger partial charge on any atom is 0.222 e. The lowest BCUT2D eigenvalue weighted by atomic mass is 10.1. The van der Waals surface area contributed by atoms with E-state index in [0.29, 0.717) is 18.0 Å². The number of piperazine rings is 1. The molecule has 2 N–H and O–H groups in total. The summed E-state index contributed by atoms with van der Waals surface area (Å²) < 4.78 is 0. The van der Waals surface area contributed by atoms with Crippen LogP contribution in [0.2, 0.25) is 0 Å². The third-order valence-corrected chi connectivity index (χ3v) is 3.66. The van der Waals surface area contributed by atoms with Crippen molar-refractivity contribution in [1.29, 1.82) is 0 Å². The van der Waals surface area contributed by atoms with Crippen LogP contribution in [0.25, 0.3) is 0 Å². The normalized spacial score (nSPS) is 15.8. The number of pyridine rings is 1. The topological polar surface area (TPSA) is 62.5 Å². The van der Waals surface area contributed by atoms with Gasteiger partial charge in [0, 0.05) is 32.6 Å². The van der Waals surface area contributed by atoms with E-state index in [1.54, 1.807) is 6.20 Å². The summed E-state index contributed by atoms with van der Waals surface area (Å²) in [4.78, 5) is 20.6. The molecule has 1 aromatic heterocycles. The molecule has 20 heavy (non-hydrogen) atoms. The van der Waals surface area contributed by atoms with Gasteiger partial charge in [-0.15, -0.1) is 0 Å². The van der Waals surface area contributed by atoms with Gasteiger partial charge in [0.2, 0.25) is 5.91 Å². The SMILES string of the molecule is CC(C)CCC(=O)N1CCN(c2ccc(N)cn2)CC1. The molecule has 5 heteroatoms. The second kappa shape index (κ2) is 6.59. The first-order chi connectivity index (χ1) is 9.56. The molecule has 1 aromatic rings. The molecule has 2 rings (SSSR count). The van der Waals surface area contributed by atoms with E-state index in [1.165, 1.54) is 0 Å². The van der Waals surface area contributed by atoms with Gasteiger partial charge in [0.1, 0.15) is 5.82 Å². The highest BCUT2D eigenvalue weighted by molar-refractivity contribution is 5.76. The molecule has 0 saturated carbocycles. The van der Waals surface area contributed by atoms with Crippen LogP contribution >= 0.6 is 0 Å². The highest BCUT2D eigenvalue weighted by Gasteiger charge is 2.21.